The van der Waals surface area contributed by atoms with Gasteiger partial charge in [0, 0.05) is 17.2 Å². The van der Waals surface area contributed by atoms with E-state index in [2.05, 4.69) is 0 Å². The fourth-order valence-corrected chi connectivity index (χ4v) is 2.20. The lowest BCUT2D eigenvalue weighted by atomic mass is 10.1. The van der Waals surface area contributed by atoms with Gasteiger partial charge in [-0.1, -0.05) is 29.8 Å². The number of esters is 1. The molecule has 124 valence electrons. The average molecular weight is 352 g/mol. The third-order valence-electron chi connectivity index (χ3n) is 3.23. The van der Waals surface area contributed by atoms with Crippen LogP contribution in [0.2, 0.25) is 5.02 Å². The van der Waals surface area contributed by atoms with Gasteiger partial charge in [-0.15, -0.1) is 0 Å². The number of ketones is 1. The number of hydrogen-bond acceptors (Lipinski definition) is 5. The van der Waals surface area contributed by atoms with Gasteiger partial charge in [0.15, 0.2) is 6.61 Å². The fraction of sp³-hybridized carbons (Fsp3) is 0.125. The summed E-state index contributed by atoms with van der Waals surface area (Å²) >= 11 is 5.73. The van der Waals surface area contributed by atoms with Crippen molar-refractivity contribution in [3.63, 3.8) is 0 Å². The summed E-state index contributed by atoms with van der Waals surface area (Å²) in [7, 11) is 0. The average Bonchev–Trinajstić information content (AvgIpc) is 2.52. The molecule has 8 heteroatoms. The van der Waals surface area contributed by atoms with Crippen LogP contribution in [-0.4, -0.2) is 23.3 Å². The second-order valence-electron chi connectivity index (χ2n) is 4.85. The Bertz CT molecular complexity index is 817. The van der Waals surface area contributed by atoms with Gasteiger partial charge in [-0.25, -0.2) is 9.18 Å². The molecule has 0 spiro atoms. The molecule has 0 N–H and O–H groups in total. The topological polar surface area (TPSA) is 86.5 Å². The summed E-state index contributed by atoms with van der Waals surface area (Å²) in [5, 5.41) is 10.7. The minimum absolute atomic E-state index is 0.0136. The van der Waals surface area contributed by atoms with Crippen molar-refractivity contribution in [3.05, 3.63) is 74.0 Å². The molecule has 0 aliphatic carbocycles. The molecule has 6 nitrogen and oxygen atoms in total. The molecule has 2 aromatic rings. The van der Waals surface area contributed by atoms with Crippen LogP contribution in [0, 0.1) is 22.9 Å². The maximum atomic E-state index is 13.6. The third-order valence-corrected chi connectivity index (χ3v) is 3.54. The van der Waals surface area contributed by atoms with E-state index in [1.807, 2.05) is 0 Å². The van der Waals surface area contributed by atoms with E-state index in [0.717, 1.165) is 12.1 Å². The van der Waals surface area contributed by atoms with Gasteiger partial charge in [-0.05, 0) is 19.1 Å². The van der Waals surface area contributed by atoms with Crippen LogP contribution in [0.15, 0.2) is 36.4 Å². The van der Waals surface area contributed by atoms with E-state index in [9.17, 15) is 24.1 Å². The number of benzene rings is 2. The smallest absolute Gasteiger partial charge is 0.343 e. The van der Waals surface area contributed by atoms with Crippen molar-refractivity contribution in [2.75, 3.05) is 6.61 Å². The molecular weight excluding hydrogens is 341 g/mol. The third kappa shape index (κ3) is 3.75. The summed E-state index contributed by atoms with van der Waals surface area (Å²) in [6.07, 6.45) is 0. The molecule has 0 fully saturated rings. The SMILES string of the molecule is Cc1ccc(C(=O)COC(=O)c2c(F)cccc2Cl)cc1[N+](=O)[O-]. The minimum Gasteiger partial charge on any atom is -0.454 e. The zero-order valence-corrected chi connectivity index (χ0v) is 13.2. The quantitative estimate of drug-likeness (QED) is 0.354. The molecule has 0 amide bonds. The predicted octanol–water partition coefficient (Wildman–Crippen LogP) is 3.74. The van der Waals surface area contributed by atoms with Gasteiger partial charge < -0.3 is 4.74 Å². The molecule has 24 heavy (non-hydrogen) atoms. The van der Waals surface area contributed by atoms with Crippen LogP contribution in [0.4, 0.5) is 10.1 Å². The Morgan fingerprint density at radius 1 is 1.29 bits per heavy atom. The zero-order chi connectivity index (χ0) is 17.9. The lowest BCUT2D eigenvalue weighted by Gasteiger charge is -2.07. The Balaban J connectivity index is 2.12. The van der Waals surface area contributed by atoms with E-state index in [-0.39, 0.29) is 16.3 Å². The van der Waals surface area contributed by atoms with Crippen molar-refractivity contribution in [1.82, 2.24) is 0 Å². The van der Waals surface area contributed by atoms with Crippen molar-refractivity contribution >= 4 is 29.0 Å². The number of Topliss-reactive ketones (excluding diaryl/α,β-unsaturated/α-hetero) is 1. The number of carbonyl (C=O) groups excluding carboxylic acids is 2. The van der Waals surface area contributed by atoms with E-state index in [4.69, 9.17) is 16.3 Å². The molecule has 2 rings (SSSR count). The van der Waals surface area contributed by atoms with E-state index < -0.39 is 34.7 Å². The Labute approximate surface area is 141 Å². The maximum absolute atomic E-state index is 13.6. The lowest BCUT2D eigenvalue weighted by molar-refractivity contribution is -0.385. The van der Waals surface area contributed by atoms with Crippen molar-refractivity contribution in [2.45, 2.75) is 6.92 Å². The fourth-order valence-electron chi connectivity index (χ4n) is 1.96. The van der Waals surface area contributed by atoms with Gasteiger partial charge >= 0.3 is 5.97 Å². The molecule has 0 saturated heterocycles. The number of rotatable bonds is 5. The molecule has 0 aliphatic heterocycles. The second-order valence-corrected chi connectivity index (χ2v) is 5.26. The first-order valence-electron chi connectivity index (χ1n) is 6.70. The summed E-state index contributed by atoms with van der Waals surface area (Å²) in [6.45, 7) is 0.844. The number of halogens is 2. The number of nitrogens with zero attached hydrogens (tertiary/aromatic N) is 1. The van der Waals surface area contributed by atoms with Crippen molar-refractivity contribution < 1.29 is 23.6 Å². The van der Waals surface area contributed by atoms with Gasteiger partial charge in [0.25, 0.3) is 5.69 Å². The Morgan fingerprint density at radius 3 is 2.62 bits per heavy atom. The molecule has 0 aromatic heterocycles. The number of carbonyl (C=O) groups is 2. The summed E-state index contributed by atoms with van der Waals surface area (Å²) in [5.41, 5.74) is -0.280. The van der Waals surface area contributed by atoms with Crippen LogP contribution in [0.5, 0.6) is 0 Å². The number of ether oxygens (including phenoxy) is 1. The molecule has 0 radical (unpaired) electrons. The standard InChI is InChI=1S/C16H11ClFNO5/c1-9-5-6-10(7-13(9)19(22)23)14(20)8-24-16(21)15-11(17)3-2-4-12(15)18/h2-7H,8H2,1H3. The second kappa shape index (κ2) is 7.18. The Hall–Kier alpha value is -2.80. The van der Waals surface area contributed by atoms with Crippen LogP contribution in [0.1, 0.15) is 26.3 Å². The molecule has 0 saturated carbocycles. The summed E-state index contributed by atoms with van der Waals surface area (Å²) < 4.78 is 18.3. The van der Waals surface area contributed by atoms with Gasteiger partial charge in [0.1, 0.15) is 11.4 Å². The number of nitro benzene ring substituents is 1. The summed E-state index contributed by atoms with van der Waals surface area (Å²) in [6, 6.07) is 7.57. The van der Waals surface area contributed by atoms with Crippen LogP contribution in [0.25, 0.3) is 0 Å². The van der Waals surface area contributed by atoms with Crippen LogP contribution in [0.3, 0.4) is 0 Å². The molecule has 2 aromatic carbocycles. The molecule has 0 aliphatic rings. The summed E-state index contributed by atoms with van der Waals surface area (Å²) in [5.74, 6) is -2.61. The highest BCUT2D eigenvalue weighted by atomic mass is 35.5. The summed E-state index contributed by atoms with van der Waals surface area (Å²) in [4.78, 5) is 34.1. The van der Waals surface area contributed by atoms with Crippen LogP contribution in [-0.2, 0) is 4.74 Å². The highest BCUT2D eigenvalue weighted by molar-refractivity contribution is 6.33. The zero-order valence-electron chi connectivity index (χ0n) is 12.4. The van der Waals surface area contributed by atoms with Gasteiger partial charge in [0.2, 0.25) is 5.78 Å². The molecule has 0 heterocycles. The van der Waals surface area contributed by atoms with Crippen molar-refractivity contribution in [1.29, 1.82) is 0 Å². The number of nitro groups is 1. The van der Waals surface area contributed by atoms with Gasteiger partial charge in [-0.2, -0.15) is 0 Å². The lowest BCUT2D eigenvalue weighted by Crippen LogP contribution is -2.16. The van der Waals surface area contributed by atoms with Crippen LogP contribution < -0.4 is 0 Å². The molecule has 0 unspecified atom stereocenters. The first kappa shape index (κ1) is 17.6. The van der Waals surface area contributed by atoms with Gasteiger partial charge in [0.05, 0.1) is 9.95 Å². The highest BCUT2D eigenvalue weighted by Gasteiger charge is 2.20. The molecular formula is C16H11ClFNO5. The monoisotopic (exact) mass is 351 g/mol. The molecule has 0 atom stereocenters. The van der Waals surface area contributed by atoms with E-state index in [1.165, 1.54) is 31.2 Å². The number of aryl methyl sites for hydroxylation is 1. The Kier molecular flexibility index (Phi) is 5.25. The molecule has 0 bridgehead atoms. The van der Waals surface area contributed by atoms with E-state index in [1.54, 1.807) is 0 Å². The predicted molar refractivity (Wildman–Crippen MR) is 83.9 cm³/mol. The normalized spacial score (nSPS) is 10.3. The van der Waals surface area contributed by atoms with E-state index in [0.29, 0.717) is 5.56 Å². The maximum Gasteiger partial charge on any atom is 0.343 e. The largest absolute Gasteiger partial charge is 0.454 e. The minimum atomic E-state index is -1.09. The van der Waals surface area contributed by atoms with Crippen molar-refractivity contribution in [2.24, 2.45) is 0 Å². The Morgan fingerprint density at radius 2 is 2.00 bits per heavy atom. The van der Waals surface area contributed by atoms with Gasteiger partial charge in [-0.3, -0.25) is 14.9 Å². The van der Waals surface area contributed by atoms with Crippen LogP contribution >= 0.6 is 11.6 Å². The first-order valence-corrected chi connectivity index (χ1v) is 7.08. The first-order chi connectivity index (χ1) is 11.3. The highest BCUT2D eigenvalue weighted by Crippen LogP contribution is 2.21. The van der Waals surface area contributed by atoms with Crippen molar-refractivity contribution in [3.8, 4) is 0 Å². The number of hydrogen-bond donors (Lipinski definition) is 0. The van der Waals surface area contributed by atoms with E-state index >= 15 is 0 Å².